The number of halogens is 2. The van der Waals surface area contributed by atoms with Crippen LogP contribution in [0, 0.1) is 5.82 Å². The summed E-state index contributed by atoms with van der Waals surface area (Å²) in [6.07, 6.45) is 1.00. The number of nitrogen functional groups attached to an aromatic ring is 1. The summed E-state index contributed by atoms with van der Waals surface area (Å²) in [7, 11) is 0. The van der Waals surface area contributed by atoms with E-state index < -0.39 is 5.82 Å². The average Bonchev–Trinajstić information content (AvgIpc) is 2.80. The number of hydrogen-bond donors (Lipinski definition) is 1. The van der Waals surface area contributed by atoms with Crippen LogP contribution in [0.4, 0.5) is 15.8 Å². The second-order valence-electron chi connectivity index (χ2n) is 4.37. The van der Waals surface area contributed by atoms with E-state index in [1.54, 1.807) is 17.4 Å². The van der Waals surface area contributed by atoms with E-state index in [9.17, 15) is 4.39 Å². The van der Waals surface area contributed by atoms with E-state index >= 15 is 0 Å². The molecule has 0 aliphatic carbocycles. The number of anilines is 2. The van der Waals surface area contributed by atoms with E-state index in [4.69, 9.17) is 17.3 Å². The molecule has 0 spiro atoms. The average molecular weight is 283 g/mol. The molecule has 0 bridgehead atoms. The smallest absolute Gasteiger partial charge is 0.143 e. The lowest BCUT2D eigenvalue weighted by Crippen LogP contribution is -2.30. The van der Waals surface area contributed by atoms with Gasteiger partial charge in [0.1, 0.15) is 5.82 Å². The number of hydrogen-bond acceptors (Lipinski definition) is 3. The molecular formula is C13H12ClFN2S. The highest BCUT2D eigenvalue weighted by Gasteiger charge is 2.20. The normalized spacial score (nSPS) is 14.7. The summed E-state index contributed by atoms with van der Waals surface area (Å²) in [4.78, 5) is 3.58. The molecule has 1 aromatic heterocycles. The lowest BCUT2D eigenvalue weighted by Gasteiger charge is -2.30. The van der Waals surface area contributed by atoms with Gasteiger partial charge < -0.3 is 10.6 Å². The van der Waals surface area contributed by atoms with Gasteiger partial charge in [0, 0.05) is 24.0 Å². The SMILES string of the molecule is Nc1cc(F)c(Cl)cc1N1CCc2sccc2C1. The second-order valence-corrected chi connectivity index (χ2v) is 5.77. The molecule has 18 heavy (non-hydrogen) atoms. The highest BCUT2D eigenvalue weighted by atomic mass is 35.5. The summed E-state index contributed by atoms with van der Waals surface area (Å²) in [5.74, 6) is -0.467. The Labute approximate surface area is 114 Å². The van der Waals surface area contributed by atoms with Crippen LogP contribution in [0.5, 0.6) is 0 Å². The first-order valence-corrected chi connectivity index (χ1v) is 6.95. The predicted octanol–water partition coefficient (Wildman–Crippen LogP) is 3.69. The molecule has 94 valence electrons. The molecule has 1 aliphatic rings. The van der Waals surface area contributed by atoms with Gasteiger partial charge in [-0.1, -0.05) is 11.6 Å². The zero-order valence-electron chi connectivity index (χ0n) is 9.62. The summed E-state index contributed by atoms with van der Waals surface area (Å²) in [6.45, 7) is 1.70. The topological polar surface area (TPSA) is 29.3 Å². The van der Waals surface area contributed by atoms with E-state index in [2.05, 4.69) is 16.3 Å². The number of thiophene rings is 1. The first-order valence-electron chi connectivity index (χ1n) is 5.70. The van der Waals surface area contributed by atoms with Crippen LogP contribution in [-0.4, -0.2) is 6.54 Å². The van der Waals surface area contributed by atoms with Crippen molar-refractivity contribution in [1.29, 1.82) is 0 Å². The van der Waals surface area contributed by atoms with Gasteiger partial charge in [-0.2, -0.15) is 0 Å². The maximum absolute atomic E-state index is 13.3. The Morgan fingerprint density at radius 3 is 3.06 bits per heavy atom. The first kappa shape index (κ1) is 11.8. The van der Waals surface area contributed by atoms with Gasteiger partial charge >= 0.3 is 0 Å². The number of nitrogens with two attached hydrogens (primary N) is 1. The van der Waals surface area contributed by atoms with Crippen LogP contribution in [0.25, 0.3) is 0 Å². The van der Waals surface area contributed by atoms with Crippen LogP contribution >= 0.6 is 22.9 Å². The highest BCUT2D eigenvalue weighted by Crippen LogP contribution is 2.33. The Morgan fingerprint density at radius 1 is 1.39 bits per heavy atom. The molecule has 5 heteroatoms. The summed E-state index contributed by atoms with van der Waals surface area (Å²) in [6, 6.07) is 5.04. The van der Waals surface area contributed by atoms with Crippen LogP contribution in [0.15, 0.2) is 23.6 Å². The molecule has 0 unspecified atom stereocenters. The molecule has 2 aromatic rings. The molecule has 0 radical (unpaired) electrons. The highest BCUT2D eigenvalue weighted by molar-refractivity contribution is 7.10. The van der Waals surface area contributed by atoms with Crippen molar-refractivity contribution in [3.05, 3.63) is 44.9 Å². The van der Waals surface area contributed by atoms with Gasteiger partial charge in [-0.15, -0.1) is 11.3 Å². The molecule has 0 atom stereocenters. The molecule has 1 aliphatic heterocycles. The number of benzene rings is 1. The fourth-order valence-electron chi connectivity index (χ4n) is 2.28. The van der Waals surface area contributed by atoms with Gasteiger partial charge in [-0.25, -0.2) is 4.39 Å². The Morgan fingerprint density at radius 2 is 2.22 bits per heavy atom. The third-order valence-corrected chi connectivity index (χ3v) is 4.53. The summed E-state index contributed by atoms with van der Waals surface area (Å²) < 4.78 is 13.3. The summed E-state index contributed by atoms with van der Waals surface area (Å²) in [5.41, 5.74) is 8.46. The Balaban J connectivity index is 1.95. The van der Waals surface area contributed by atoms with Crippen LogP contribution in [0.3, 0.4) is 0 Å². The molecule has 0 saturated heterocycles. The van der Waals surface area contributed by atoms with E-state index in [1.807, 2.05) is 0 Å². The van der Waals surface area contributed by atoms with E-state index in [1.165, 1.54) is 16.5 Å². The van der Waals surface area contributed by atoms with Crippen LogP contribution in [0.1, 0.15) is 10.4 Å². The largest absolute Gasteiger partial charge is 0.397 e. The predicted molar refractivity (Wildman–Crippen MR) is 74.9 cm³/mol. The van der Waals surface area contributed by atoms with Gasteiger partial charge in [-0.3, -0.25) is 0 Å². The molecule has 0 amide bonds. The van der Waals surface area contributed by atoms with Gasteiger partial charge in [0.25, 0.3) is 0 Å². The van der Waals surface area contributed by atoms with Crippen molar-refractivity contribution in [3.63, 3.8) is 0 Å². The third-order valence-electron chi connectivity index (χ3n) is 3.22. The second kappa shape index (κ2) is 4.44. The lowest BCUT2D eigenvalue weighted by molar-refractivity contribution is 0.628. The minimum atomic E-state index is -0.467. The van der Waals surface area contributed by atoms with E-state index in [-0.39, 0.29) is 5.02 Å². The Bertz CT molecular complexity index is 597. The fraction of sp³-hybridized carbons (Fsp3) is 0.231. The van der Waals surface area contributed by atoms with Crippen molar-refractivity contribution in [3.8, 4) is 0 Å². The minimum Gasteiger partial charge on any atom is -0.397 e. The minimum absolute atomic E-state index is 0.121. The number of fused-ring (bicyclic) bond motifs is 1. The van der Waals surface area contributed by atoms with E-state index in [0.717, 1.165) is 25.2 Å². The molecule has 2 heterocycles. The molecule has 3 rings (SSSR count). The monoisotopic (exact) mass is 282 g/mol. The van der Waals surface area contributed by atoms with Gasteiger partial charge in [0.2, 0.25) is 0 Å². The van der Waals surface area contributed by atoms with E-state index in [0.29, 0.717) is 5.69 Å². The fourth-order valence-corrected chi connectivity index (χ4v) is 3.33. The summed E-state index contributed by atoms with van der Waals surface area (Å²) in [5, 5.41) is 2.23. The number of nitrogens with zero attached hydrogens (tertiary/aromatic N) is 1. The Kier molecular flexibility index (Phi) is 2.92. The Hall–Kier alpha value is -1.26. The number of rotatable bonds is 1. The van der Waals surface area contributed by atoms with Crippen LogP contribution in [-0.2, 0) is 13.0 Å². The van der Waals surface area contributed by atoms with Crippen molar-refractivity contribution >= 4 is 34.3 Å². The third kappa shape index (κ3) is 1.95. The maximum Gasteiger partial charge on any atom is 0.143 e. The van der Waals surface area contributed by atoms with Gasteiger partial charge in [-0.05, 0) is 29.5 Å². The molecule has 2 nitrogen and oxygen atoms in total. The molecular weight excluding hydrogens is 271 g/mol. The maximum atomic E-state index is 13.3. The molecule has 0 saturated carbocycles. The van der Waals surface area contributed by atoms with Crippen LogP contribution < -0.4 is 10.6 Å². The lowest BCUT2D eigenvalue weighted by atomic mass is 10.1. The van der Waals surface area contributed by atoms with Crippen molar-refractivity contribution in [1.82, 2.24) is 0 Å². The zero-order chi connectivity index (χ0) is 12.7. The first-order chi connectivity index (χ1) is 8.65. The molecule has 2 N–H and O–H groups in total. The van der Waals surface area contributed by atoms with Gasteiger partial charge in [0.05, 0.1) is 16.4 Å². The standard InChI is InChI=1S/C13H12ClFN2S/c14-9-5-12(11(16)6-10(9)15)17-3-1-13-8(7-17)2-4-18-13/h2,4-6H,1,3,7,16H2. The van der Waals surface area contributed by atoms with Crippen LogP contribution in [0.2, 0.25) is 5.02 Å². The van der Waals surface area contributed by atoms with Crippen molar-refractivity contribution < 1.29 is 4.39 Å². The quantitative estimate of drug-likeness (QED) is 0.809. The van der Waals surface area contributed by atoms with Crippen molar-refractivity contribution in [2.45, 2.75) is 13.0 Å². The van der Waals surface area contributed by atoms with Crippen molar-refractivity contribution in [2.75, 3.05) is 17.2 Å². The molecule has 1 aromatic carbocycles. The van der Waals surface area contributed by atoms with Crippen molar-refractivity contribution in [2.24, 2.45) is 0 Å². The molecule has 0 fully saturated rings. The zero-order valence-corrected chi connectivity index (χ0v) is 11.2. The van der Waals surface area contributed by atoms with Gasteiger partial charge in [0.15, 0.2) is 0 Å². The summed E-state index contributed by atoms with van der Waals surface area (Å²) >= 11 is 7.62.